The Morgan fingerprint density at radius 3 is 2.46 bits per heavy atom. The average molecular weight is 638 g/mol. The number of aliphatic hydroxyl groups is 1. The molecule has 1 N–H and O–H groups in total. The van der Waals surface area contributed by atoms with Crippen LogP contribution in [0.25, 0.3) is 16.5 Å². The third-order valence-electron chi connectivity index (χ3n) is 9.76. The molecule has 1 aliphatic rings. The van der Waals surface area contributed by atoms with Crippen molar-refractivity contribution in [3.05, 3.63) is 107 Å². The van der Waals surface area contributed by atoms with E-state index in [9.17, 15) is 9.90 Å². The zero-order chi connectivity index (χ0) is 32.3. The molecule has 0 bridgehead atoms. The third kappa shape index (κ3) is 6.56. The fourth-order valence-electron chi connectivity index (χ4n) is 7.24. The topological polar surface area (TPSA) is 104 Å². The van der Waals surface area contributed by atoms with Crippen molar-refractivity contribution in [2.45, 2.75) is 70.0 Å². The average Bonchev–Trinajstić information content (AvgIpc) is 3.67. The van der Waals surface area contributed by atoms with E-state index >= 15 is 0 Å². The number of methoxy groups -OCH3 is 1. The van der Waals surface area contributed by atoms with Gasteiger partial charge in [-0.3, -0.25) is 9.48 Å². The fourth-order valence-corrected chi connectivity index (χ4v) is 11.4. The Labute approximate surface area is 270 Å². The number of aromatic nitrogens is 5. The molecule has 6 rings (SSSR count). The summed E-state index contributed by atoms with van der Waals surface area (Å²) in [5, 5.41) is 25.1. The van der Waals surface area contributed by atoms with E-state index < -0.39 is 8.07 Å². The Morgan fingerprint density at radius 2 is 1.72 bits per heavy atom. The summed E-state index contributed by atoms with van der Waals surface area (Å²) in [6, 6.07) is 24.3. The van der Waals surface area contributed by atoms with Crippen LogP contribution in [0.2, 0.25) is 18.6 Å². The predicted molar refractivity (Wildman–Crippen MR) is 183 cm³/mol. The molecule has 0 unspecified atom stereocenters. The number of ether oxygens (including phenoxy) is 2. The summed E-state index contributed by atoms with van der Waals surface area (Å²) in [5.74, 6) is 1.25. The number of aliphatic hydroxyl groups excluding tert-OH is 1. The van der Waals surface area contributed by atoms with Crippen molar-refractivity contribution in [2.24, 2.45) is 5.92 Å². The number of rotatable bonds is 12. The van der Waals surface area contributed by atoms with Crippen molar-refractivity contribution >= 4 is 24.0 Å². The molecular weight excluding hydrogens is 595 g/mol. The van der Waals surface area contributed by atoms with E-state index in [1.165, 1.54) is 15.4 Å². The van der Waals surface area contributed by atoms with Crippen LogP contribution in [-0.2, 0) is 24.1 Å². The fraction of sp³-hybridized carbons (Fsp3) is 0.389. The van der Waals surface area contributed by atoms with Crippen molar-refractivity contribution in [3.63, 3.8) is 0 Å². The molecule has 1 aliphatic heterocycles. The maximum absolute atomic E-state index is 13.1. The zero-order valence-corrected chi connectivity index (χ0v) is 28.0. The standard InChI is InChI=1S/C36H43N5O4Si/c1-25-33(18-11-26-9-12-29(13-10-26)41-36(43)32-8-6-5-7-27(32)23-37-41)45-34(19-21-40-24-28(20-22-42)38-39-40)35(25)46(3,4)31-16-14-30(44-2)15-17-31/h5-10,12-17,23-25,33-35,42H,11,18-22H2,1-4H3/t25-,33+,34-,35+/m1/s1. The van der Waals surface area contributed by atoms with Crippen LogP contribution in [0.1, 0.15) is 31.0 Å². The minimum absolute atomic E-state index is 0.0644. The quantitative estimate of drug-likeness (QED) is 0.194. The highest BCUT2D eigenvalue weighted by Crippen LogP contribution is 2.46. The van der Waals surface area contributed by atoms with Gasteiger partial charge in [-0.1, -0.05) is 72.9 Å². The second-order valence-electron chi connectivity index (χ2n) is 12.9. The van der Waals surface area contributed by atoms with Gasteiger partial charge in [-0.15, -0.1) is 5.10 Å². The number of benzene rings is 3. The molecule has 0 radical (unpaired) electrons. The van der Waals surface area contributed by atoms with Crippen molar-refractivity contribution in [1.82, 2.24) is 24.8 Å². The Kier molecular flexibility index (Phi) is 9.48. The molecule has 5 aromatic rings. The number of hydrogen-bond acceptors (Lipinski definition) is 7. The summed E-state index contributed by atoms with van der Waals surface area (Å²) in [6.45, 7) is 8.07. The molecule has 4 atom stereocenters. The van der Waals surface area contributed by atoms with Gasteiger partial charge >= 0.3 is 0 Å². The number of fused-ring (bicyclic) bond motifs is 1. The molecule has 10 heteroatoms. The van der Waals surface area contributed by atoms with Crippen molar-refractivity contribution in [3.8, 4) is 11.4 Å². The van der Waals surface area contributed by atoms with E-state index in [0.717, 1.165) is 48.3 Å². The van der Waals surface area contributed by atoms with Gasteiger partial charge in [0.2, 0.25) is 0 Å². The molecule has 3 heterocycles. The lowest BCUT2D eigenvalue weighted by Gasteiger charge is -2.36. The first-order chi connectivity index (χ1) is 22.3. The summed E-state index contributed by atoms with van der Waals surface area (Å²) in [4.78, 5) is 13.1. The predicted octanol–water partition coefficient (Wildman–Crippen LogP) is 4.93. The molecule has 1 saturated heterocycles. The van der Waals surface area contributed by atoms with Gasteiger partial charge in [0.25, 0.3) is 5.56 Å². The van der Waals surface area contributed by atoms with Gasteiger partial charge in [-0.05, 0) is 66.6 Å². The second-order valence-corrected chi connectivity index (χ2v) is 17.6. The molecule has 1 fully saturated rings. The Hall–Kier alpha value is -4.12. The number of hydrogen-bond donors (Lipinski definition) is 1. The lowest BCUT2D eigenvalue weighted by Crippen LogP contribution is -2.50. The van der Waals surface area contributed by atoms with Gasteiger partial charge in [0.05, 0.1) is 50.4 Å². The molecule has 9 nitrogen and oxygen atoms in total. The highest BCUT2D eigenvalue weighted by Gasteiger charge is 2.50. The minimum Gasteiger partial charge on any atom is -0.497 e. The van der Waals surface area contributed by atoms with Crippen molar-refractivity contribution < 1.29 is 14.6 Å². The largest absolute Gasteiger partial charge is 0.497 e. The molecule has 46 heavy (non-hydrogen) atoms. The first-order valence-electron chi connectivity index (χ1n) is 16.1. The second kappa shape index (κ2) is 13.7. The lowest BCUT2D eigenvalue weighted by atomic mass is 9.95. The Balaban J connectivity index is 1.18. The van der Waals surface area contributed by atoms with E-state index in [1.54, 1.807) is 13.3 Å². The van der Waals surface area contributed by atoms with E-state index in [2.05, 4.69) is 71.8 Å². The summed E-state index contributed by atoms with van der Waals surface area (Å²) in [5.41, 5.74) is 3.07. The van der Waals surface area contributed by atoms with Gasteiger partial charge in [0, 0.05) is 31.2 Å². The van der Waals surface area contributed by atoms with Crippen LogP contribution in [0.4, 0.5) is 0 Å². The number of nitrogens with zero attached hydrogens (tertiary/aromatic N) is 5. The molecule has 0 aliphatic carbocycles. The molecule has 240 valence electrons. The summed E-state index contributed by atoms with van der Waals surface area (Å²) in [6.07, 6.45) is 7.05. The van der Waals surface area contributed by atoms with Crippen LogP contribution < -0.4 is 15.5 Å². The molecule has 2 aromatic heterocycles. The van der Waals surface area contributed by atoms with Crippen molar-refractivity contribution in [2.75, 3.05) is 13.7 Å². The van der Waals surface area contributed by atoms with Crippen LogP contribution in [0.5, 0.6) is 5.75 Å². The minimum atomic E-state index is -1.97. The molecular formula is C36H43N5O4Si. The van der Waals surface area contributed by atoms with Crippen LogP contribution in [0, 0.1) is 5.92 Å². The summed E-state index contributed by atoms with van der Waals surface area (Å²) < 4.78 is 15.7. The molecule has 0 spiro atoms. The zero-order valence-electron chi connectivity index (χ0n) is 27.0. The van der Waals surface area contributed by atoms with Gasteiger partial charge in [0.15, 0.2) is 0 Å². The molecule has 3 aromatic carbocycles. The maximum atomic E-state index is 13.1. The van der Waals surface area contributed by atoms with E-state index in [1.807, 2.05) is 47.3 Å². The van der Waals surface area contributed by atoms with E-state index in [-0.39, 0.29) is 24.4 Å². The highest BCUT2D eigenvalue weighted by molar-refractivity contribution is 6.91. The summed E-state index contributed by atoms with van der Waals surface area (Å²) >= 11 is 0. The SMILES string of the molecule is COc1ccc([Si](C)(C)[C@H]2[C@H](C)[C@H](CCc3ccc(-n4ncc5ccccc5c4=O)cc3)O[C@@H]2CCn2cc(CCO)nn2)cc1. The first kappa shape index (κ1) is 31.8. The monoisotopic (exact) mass is 637 g/mol. The molecule has 0 amide bonds. The van der Waals surface area contributed by atoms with Gasteiger partial charge in [-0.25, -0.2) is 0 Å². The third-order valence-corrected chi connectivity index (χ3v) is 14.1. The van der Waals surface area contributed by atoms with Gasteiger partial charge < -0.3 is 14.6 Å². The van der Waals surface area contributed by atoms with Crippen LogP contribution in [0.15, 0.2) is 90.0 Å². The normalized spacial score (nSPS) is 19.9. The smallest absolute Gasteiger partial charge is 0.279 e. The molecule has 0 saturated carbocycles. The number of aryl methyl sites for hydroxylation is 2. The maximum Gasteiger partial charge on any atom is 0.279 e. The van der Waals surface area contributed by atoms with Crippen LogP contribution >= 0.6 is 0 Å². The van der Waals surface area contributed by atoms with Gasteiger partial charge in [0.1, 0.15) is 5.75 Å². The lowest BCUT2D eigenvalue weighted by molar-refractivity contribution is 0.0250. The van der Waals surface area contributed by atoms with Crippen LogP contribution in [-0.4, -0.2) is 63.9 Å². The van der Waals surface area contributed by atoms with E-state index in [0.29, 0.717) is 23.3 Å². The Bertz CT molecular complexity index is 1820. The van der Waals surface area contributed by atoms with Crippen molar-refractivity contribution in [1.29, 1.82) is 0 Å². The van der Waals surface area contributed by atoms with Crippen LogP contribution in [0.3, 0.4) is 0 Å². The van der Waals surface area contributed by atoms with E-state index in [4.69, 9.17) is 9.47 Å². The Morgan fingerprint density at radius 1 is 0.957 bits per heavy atom. The first-order valence-corrected chi connectivity index (χ1v) is 19.2. The van der Waals surface area contributed by atoms with Gasteiger partial charge in [-0.2, -0.15) is 9.78 Å². The summed E-state index contributed by atoms with van der Waals surface area (Å²) in [7, 11) is -0.269. The highest BCUT2D eigenvalue weighted by atomic mass is 28.3.